The second-order valence-electron chi connectivity index (χ2n) is 3.12. The third-order valence-electron chi connectivity index (χ3n) is 1.14. The van der Waals surface area contributed by atoms with Gasteiger partial charge in [-0.3, -0.25) is 0 Å². The summed E-state index contributed by atoms with van der Waals surface area (Å²) in [6, 6.07) is 0. The van der Waals surface area contributed by atoms with Crippen LogP contribution in [0.2, 0.25) is 0 Å². The fourth-order valence-electron chi connectivity index (χ4n) is 0.723. The Morgan fingerprint density at radius 1 is 1.75 bits per heavy atom. The number of carbonyl (C=O) groups is 1. The number of nitrogens with one attached hydrogen (secondary N) is 1. The summed E-state index contributed by atoms with van der Waals surface area (Å²) >= 11 is 0. The predicted octanol–water partition coefficient (Wildman–Crippen LogP) is 1.24. The highest BCUT2D eigenvalue weighted by atomic mass is 16.5. The highest BCUT2D eigenvalue weighted by Crippen LogP contribution is 2.01. The third-order valence-corrected chi connectivity index (χ3v) is 1.14. The van der Waals surface area contributed by atoms with Gasteiger partial charge in [0.1, 0.15) is 0 Å². The fourth-order valence-corrected chi connectivity index (χ4v) is 0.723. The van der Waals surface area contributed by atoms with Gasteiger partial charge in [0.2, 0.25) is 0 Å². The molecule has 0 aromatic rings. The maximum atomic E-state index is 10.3. The molecule has 12 heavy (non-hydrogen) atoms. The molecule has 0 heterocycles. The van der Waals surface area contributed by atoms with E-state index in [0.29, 0.717) is 13.2 Å². The predicted molar refractivity (Wildman–Crippen MR) is 46.3 cm³/mol. The summed E-state index contributed by atoms with van der Waals surface area (Å²) in [5.41, 5.74) is -0.547. The van der Waals surface area contributed by atoms with Crippen molar-refractivity contribution in [2.45, 2.75) is 19.4 Å². The summed E-state index contributed by atoms with van der Waals surface area (Å²) in [6.45, 7) is 7.76. The van der Waals surface area contributed by atoms with Crippen molar-refractivity contribution in [1.29, 1.82) is 0 Å². The van der Waals surface area contributed by atoms with E-state index in [1.165, 1.54) is 0 Å². The minimum absolute atomic E-state index is 0.339. The smallest absolute Gasteiger partial charge is 0.405 e. The van der Waals surface area contributed by atoms with Crippen molar-refractivity contribution in [2.24, 2.45) is 0 Å². The number of ether oxygens (including phenoxy) is 1. The lowest BCUT2D eigenvalue weighted by atomic mass is 10.1. The molecule has 4 heteroatoms. The molecule has 0 bridgehead atoms. The van der Waals surface area contributed by atoms with Crippen molar-refractivity contribution in [3.05, 3.63) is 12.7 Å². The molecule has 0 atom stereocenters. The number of rotatable bonds is 5. The molecule has 0 saturated carbocycles. The van der Waals surface area contributed by atoms with E-state index in [4.69, 9.17) is 9.84 Å². The van der Waals surface area contributed by atoms with Crippen molar-refractivity contribution in [3.63, 3.8) is 0 Å². The molecule has 0 spiro atoms. The summed E-state index contributed by atoms with van der Waals surface area (Å²) < 4.78 is 5.10. The Morgan fingerprint density at radius 3 is 2.75 bits per heavy atom. The molecule has 4 nitrogen and oxygen atoms in total. The molecule has 0 fully saturated rings. The first-order valence-corrected chi connectivity index (χ1v) is 3.68. The molecule has 0 aliphatic carbocycles. The van der Waals surface area contributed by atoms with Gasteiger partial charge in [0.05, 0.1) is 18.8 Å². The molecule has 0 radical (unpaired) electrons. The SMILES string of the molecule is C=CCOCC(C)(C)NC(=O)O. The van der Waals surface area contributed by atoms with Crippen LogP contribution in [0.3, 0.4) is 0 Å². The molecule has 70 valence electrons. The lowest BCUT2D eigenvalue weighted by Crippen LogP contribution is -2.46. The van der Waals surface area contributed by atoms with E-state index in [0.717, 1.165) is 0 Å². The average molecular weight is 173 g/mol. The van der Waals surface area contributed by atoms with Gasteiger partial charge in [-0.05, 0) is 13.8 Å². The Bertz CT molecular complexity index is 166. The molecule has 0 aliphatic heterocycles. The summed E-state index contributed by atoms with van der Waals surface area (Å²) in [7, 11) is 0. The van der Waals surface area contributed by atoms with Crippen LogP contribution < -0.4 is 5.32 Å². The average Bonchev–Trinajstić information content (AvgIpc) is 1.84. The van der Waals surface area contributed by atoms with Gasteiger partial charge in [-0.25, -0.2) is 4.79 Å². The Morgan fingerprint density at radius 2 is 2.33 bits per heavy atom. The zero-order valence-electron chi connectivity index (χ0n) is 7.46. The first kappa shape index (κ1) is 11.0. The molecule has 0 aromatic carbocycles. The van der Waals surface area contributed by atoms with Crippen LogP contribution in [0, 0.1) is 0 Å². The highest BCUT2D eigenvalue weighted by molar-refractivity contribution is 5.65. The number of hydrogen-bond acceptors (Lipinski definition) is 2. The second-order valence-corrected chi connectivity index (χ2v) is 3.12. The minimum Gasteiger partial charge on any atom is -0.465 e. The molecule has 0 rings (SSSR count). The van der Waals surface area contributed by atoms with E-state index in [1.54, 1.807) is 19.9 Å². The van der Waals surface area contributed by atoms with Gasteiger partial charge in [-0.15, -0.1) is 6.58 Å². The van der Waals surface area contributed by atoms with E-state index in [1.807, 2.05) is 0 Å². The molecular formula is C8H15NO3. The van der Waals surface area contributed by atoms with Crippen molar-refractivity contribution >= 4 is 6.09 Å². The maximum absolute atomic E-state index is 10.3. The molecule has 0 aromatic heterocycles. The summed E-state index contributed by atoms with van der Waals surface area (Å²) in [5.74, 6) is 0. The van der Waals surface area contributed by atoms with Gasteiger partial charge in [0, 0.05) is 0 Å². The maximum Gasteiger partial charge on any atom is 0.405 e. The van der Waals surface area contributed by atoms with Crippen LogP contribution in [-0.2, 0) is 4.74 Å². The van der Waals surface area contributed by atoms with E-state index >= 15 is 0 Å². The van der Waals surface area contributed by atoms with Crippen LogP contribution in [0.4, 0.5) is 4.79 Å². The lowest BCUT2D eigenvalue weighted by Gasteiger charge is -2.23. The molecular weight excluding hydrogens is 158 g/mol. The topological polar surface area (TPSA) is 58.6 Å². The van der Waals surface area contributed by atoms with Crippen molar-refractivity contribution in [1.82, 2.24) is 5.32 Å². The van der Waals surface area contributed by atoms with E-state index in [9.17, 15) is 4.79 Å². The van der Waals surface area contributed by atoms with Crippen LogP contribution in [0.25, 0.3) is 0 Å². The number of carboxylic acid groups (broad SMARTS) is 1. The van der Waals surface area contributed by atoms with Gasteiger partial charge >= 0.3 is 6.09 Å². The Balaban J connectivity index is 3.70. The van der Waals surface area contributed by atoms with Gasteiger partial charge in [-0.1, -0.05) is 6.08 Å². The Hall–Kier alpha value is -1.03. The summed E-state index contributed by atoms with van der Waals surface area (Å²) in [4.78, 5) is 10.3. The largest absolute Gasteiger partial charge is 0.465 e. The standard InChI is InChI=1S/C8H15NO3/c1-4-5-12-6-8(2,3)9-7(10)11/h4,9H,1,5-6H2,2-3H3,(H,10,11). The van der Waals surface area contributed by atoms with Crippen LogP contribution in [0.5, 0.6) is 0 Å². The highest BCUT2D eigenvalue weighted by Gasteiger charge is 2.19. The van der Waals surface area contributed by atoms with Gasteiger partial charge in [0.25, 0.3) is 0 Å². The normalized spacial score (nSPS) is 10.8. The second kappa shape index (κ2) is 4.77. The third kappa shape index (κ3) is 5.73. The van der Waals surface area contributed by atoms with Crippen molar-refractivity contribution in [3.8, 4) is 0 Å². The van der Waals surface area contributed by atoms with Crippen molar-refractivity contribution in [2.75, 3.05) is 13.2 Å². The molecule has 2 N–H and O–H groups in total. The summed E-state index contributed by atoms with van der Waals surface area (Å²) in [6.07, 6.45) is 0.582. The van der Waals surface area contributed by atoms with Gasteiger partial charge in [0.15, 0.2) is 0 Å². The minimum atomic E-state index is -1.04. The lowest BCUT2D eigenvalue weighted by molar-refractivity contribution is 0.0989. The molecule has 0 saturated heterocycles. The van der Waals surface area contributed by atoms with Crippen LogP contribution in [0.1, 0.15) is 13.8 Å². The fraction of sp³-hybridized carbons (Fsp3) is 0.625. The first-order chi connectivity index (χ1) is 5.48. The molecule has 0 unspecified atom stereocenters. The van der Waals surface area contributed by atoms with E-state index in [2.05, 4.69) is 11.9 Å². The monoisotopic (exact) mass is 173 g/mol. The Kier molecular flexibility index (Phi) is 4.36. The Labute approximate surface area is 72.2 Å². The molecule has 0 aliphatic rings. The number of hydrogen-bond donors (Lipinski definition) is 2. The van der Waals surface area contributed by atoms with E-state index in [-0.39, 0.29) is 0 Å². The van der Waals surface area contributed by atoms with Crippen LogP contribution in [0.15, 0.2) is 12.7 Å². The molecule has 1 amide bonds. The zero-order chi connectivity index (χ0) is 9.61. The quantitative estimate of drug-likeness (QED) is 0.485. The van der Waals surface area contributed by atoms with Crippen molar-refractivity contribution < 1.29 is 14.6 Å². The van der Waals surface area contributed by atoms with E-state index < -0.39 is 11.6 Å². The van der Waals surface area contributed by atoms with Gasteiger partial charge < -0.3 is 15.2 Å². The van der Waals surface area contributed by atoms with Crippen LogP contribution in [-0.4, -0.2) is 30.0 Å². The zero-order valence-corrected chi connectivity index (χ0v) is 7.46. The van der Waals surface area contributed by atoms with Gasteiger partial charge in [-0.2, -0.15) is 0 Å². The van der Waals surface area contributed by atoms with Crippen LogP contribution >= 0.6 is 0 Å². The number of amides is 1. The first-order valence-electron chi connectivity index (χ1n) is 3.68. The summed E-state index contributed by atoms with van der Waals surface area (Å²) in [5, 5.41) is 10.8.